The number of hydrogen-bond acceptors (Lipinski definition) is 5. The lowest BCUT2D eigenvalue weighted by Gasteiger charge is -2.19. The Morgan fingerprint density at radius 3 is 2.71 bits per heavy atom. The third-order valence-corrected chi connectivity index (χ3v) is 4.99. The number of methoxy groups -OCH3 is 1. The monoisotopic (exact) mass is 310 g/mol. The number of imidazole rings is 1. The molecule has 0 fully saturated rings. The molecule has 114 valence electrons. The molecule has 0 saturated carbocycles. The normalized spacial score (nSPS) is 11.8. The molecular formula is C13H18N4O3S. The maximum Gasteiger partial charge on any atom is 0.246 e. The Balaban J connectivity index is 2.37. The van der Waals surface area contributed by atoms with Crippen LogP contribution in [0.4, 0.5) is 5.69 Å². The highest BCUT2D eigenvalue weighted by atomic mass is 32.2. The lowest BCUT2D eigenvalue weighted by molar-refractivity contribution is 0.396. The van der Waals surface area contributed by atoms with Crippen molar-refractivity contribution in [2.75, 3.05) is 19.9 Å². The number of nitrogens with zero attached hydrogens (tertiary/aromatic N) is 3. The Morgan fingerprint density at radius 2 is 2.14 bits per heavy atom. The van der Waals surface area contributed by atoms with Crippen LogP contribution in [0.3, 0.4) is 0 Å². The Bertz CT molecular complexity index is 740. The number of aromatic nitrogens is 2. The molecule has 0 spiro atoms. The van der Waals surface area contributed by atoms with E-state index in [1.165, 1.54) is 30.6 Å². The molecule has 0 unspecified atom stereocenters. The van der Waals surface area contributed by atoms with Gasteiger partial charge < -0.3 is 15.0 Å². The summed E-state index contributed by atoms with van der Waals surface area (Å²) in [6, 6.07) is 4.52. The zero-order valence-electron chi connectivity index (χ0n) is 12.1. The van der Waals surface area contributed by atoms with Gasteiger partial charge in [-0.3, -0.25) is 0 Å². The van der Waals surface area contributed by atoms with Crippen LogP contribution in [0.5, 0.6) is 5.75 Å². The average Bonchev–Trinajstić information content (AvgIpc) is 2.84. The Morgan fingerprint density at radius 1 is 1.43 bits per heavy atom. The van der Waals surface area contributed by atoms with Gasteiger partial charge in [0.15, 0.2) is 0 Å². The molecule has 1 aromatic heterocycles. The quantitative estimate of drug-likeness (QED) is 0.826. The fraction of sp³-hybridized carbons (Fsp3) is 0.308. The maximum absolute atomic E-state index is 12.7. The third kappa shape index (κ3) is 3.01. The number of sulfonamides is 1. The van der Waals surface area contributed by atoms with Crippen LogP contribution < -0.4 is 10.5 Å². The van der Waals surface area contributed by atoms with Gasteiger partial charge in [-0.15, -0.1) is 0 Å². The van der Waals surface area contributed by atoms with Gasteiger partial charge in [0, 0.05) is 32.2 Å². The first-order chi connectivity index (χ1) is 9.86. The second-order valence-corrected chi connectivity index (χ2v) is 6.64. The minimum Gasteiger partial charge on any atom is -0.495 e. The number of benzene rings is 1. The number of ether oxygens (including phenoxy) is 1. The smallest absolute Gasteiger partial charge is 0.246 e. The summed E-state index contributed by atoms with van der Waals surface area (Å²) in [6.07, 6.45) is 3.38. The molecule has 2 rings (SSSR count). The van der Waals surface area contributed by atoms with E-state index in [0.717, 1.165) is 0 Å². The molecule has 2 aromatic rings. The lowest BCUT2D eigenvalue weighted by atomic mass is 10.3. The molecule has 0 saturated heterocycles. The van der Waals surface area contributed by atoms with E-state index in [4.69, 9.17) is 10.5 Å². The maximum atomic E-state index is 12.7. The summed E-state index contributed by atoms with van der Waals surface area (Å²) in [4.78, 5) is 4.17. The van der Waals surface area contributed by atoms with Crippen LogP contribution in [0.2, 0.25) is 0 Å². The molecule has 7 nitrogen and oxygen atoms in total. The highest BCUT2D eigenvalue weighted by Gasteiger charge is 2.26. The van der Waals surface area contributed by atoms with E-state index >= 15 is 0 Å². The van der Waals surface area contributed by atoms with Crippen molar-refractivity contribution in [3.8, 4) is 5.75 Å². The van der Waals surface area contributed by atoms with E-state index in [1.54, 1.807) is 23.0 Å². The standard InChI is InChI=1S/C13H18N4O3S/c1-16-7-6-15-13(16)9-17(2)21(18,19)12-8-10(14)4-5-11(12)20-3/h4-8H,9,14H2,1-3H3. The summed E-state index contributed by atoms with van der Waals surface area (Å²) >= 11 is 0. The molecule has 0 aliphatic rings. The molecule has 0 atom stereocenters. The fourth-order valence-electron chi connectivity index (χ4n) is 1.90. The minimum absolute atomic E-state index is 0.0432. The first-order valence-corrected chi connectivity index (χ1v) is 7.66. The molecule has 0 aliphatic heterocycles. The van der Waals surface area contributed by atoms with Gasteiger partial charge in [-0.1, -0.05) is 0 Å². The van der Waals surface area contributed by atoms with E-state index < -0.39 is 10.0 Å². The fourth-order valence-corrected chi connectivity index (χ4v) is 3.21. The van der Waals surface area contributed by atoms with Crippen molar-refractivity contribution in [3.63, 3.8) is 0 Å². The van der Waals surface area contributed by atoms with Crippen LogP contribution in [0.15, 0.2) is 35.5 Å². The van der Waals surface area contributed by atoms with Gasteiger partial charge in [0.05, 0.1) is 13.7 Å². The lowest BCUT2D eigenvalue weighted by Crippen LogP contribution is -2.28. The summed E-state index contributed by atoms with van der Waals surface area (Å²) in [7, 11) is 1.000. The van der Waals surface area contributed by atoms with Crippen LogP contribution in [-0.2, 0) is 23.6 Å². The number of rotatable bonds is 5. The van der Waals surface area contributed by atoms with E-state index in [0.29, 0.717) is 11.5 Å². The molecule has 21 heavy (non-hydrogen) atoms. The summed E-state index contributed by atoms with van der Waals surface area (Å²) in [5.74, 6) is 0.903. The third-order valence-electron chi connectivity index (χ3n) is 3.16. The zero-order valence-corrected chi connectivity index (χ0v) is 13.0. The van der Waals surface area contributed by atoms with Crippen LogP contribution in [0.1, 0.15) is 5.82 Å². The minimum atomic E-state index is -3.72. The summed E-state index contributed by atoms with van der Waals surface area (Å²) < 4.78 is 33.4. The van der Waals surface area contributed by atoms with Crippen LogP contribution in [0, 0.1) is 0 Å². The largest absolute Gasteiger partial charge is 0.495 e. The van der Waals surface area contributed by atoms with Crippen molar-refractivity contribution < 1.29 is 13.2 Å². The topological polar surface area (TPSA) is 90.4 Å². The predicted octanol–water partition coefficient (Wildman–Crippen LogP) is 0.832. The van der Waals surface area contributed by atoms with E-state index in [2.05, 4.69) is 4.98 Å². The van der Waals surface area contributed by atoms with E-state index in [9.17, 15) is 8.42 Å². The molecule has 0 aliphatic carbocycles. The summed E-state index contributed by atoms with van der Waals surface area (Å²) in [5, 5.41) is 0. The van der Waals surface area contributed by atoms with E-state index in [1.807, 2.05) is 7.05 Å². The second-order valence-electron chi connectivity index (χ2n) is 4.63. The first-order valence-electron chi connectivity index (χ1n) is 6.22. The molecule has 1 heterocycles. The molecule has 0 radical (unpaired) electrons. The molecule has 2 N–H and O–H groups in total. The van der Waals surface area contributed by atoms with Gasteiger partial charge in [-0.25, -0.2) is 13.4 Å². The molecule has 0 amide bonds. The number of anilines is 1. The molecule has 1 aromatic carbocycles. The summed E-state index contributed by atoms with van der Waals surface area (Å²) in [6.45, 7) is 0.157. The van der Waals surface area contributed by atoms with Gasteiger partial charge in [-0.2, -0.15) is 4.31 Å². The van der Waals surface area contributed by atoms with Crippen molar-refractivity contribution in [1.82, 2.24) is 13.9 Å². The first kappa shape index (κ1) is 15.3. The molecular weight excluding hydrogens is 292 g/mol. The van der Waals surface area contributed by atoms with Crippen molar-refractivity contribution in [2.24, 2.45) is 7.05 Å². The number of aryl methyl sites for hydroxylation is 1. The second kappa shape index (κ2) is 5.74. The Hall–Kier alpha value is -2.06. The number of hydrogen-bond donors (Lipinski definition) is 1. The van der Waals surface area contributed by atoms with Crippen molar-refractivity contribution in [2.45, 2.75) is 11.4 Å². The highest BCUT2D eigenvalue weighted by molar-refractivity contribution is 7.89. The van der Waals surface area contributed by atoms with Crippen molar-refractivity contribution >= 4 is 15.7 Å². The van der Waals surface area contributed by atoms with E-state index in [-0.39, 0.29) is 17.2 Å². The predicted molar refractivity (Wildman–Crippen MR) is 79.3 cm³/mol. The van der Waals surface area contributed by atoms with Gasteiger partial charge >= 0.3 is 0 Å². The zero-order chi connectivity index (χ0) is 15.6. The molecule has 8 heteroatoms. The molecule has 0 bridgehead atoms. The van der Waals surface area contributed by atoms with Crippen LogP contribution in [0.25, 0.3) is 0 Å². The SMILES string of the molecule is COc1ccc(N)cc1S(=O)(=O)N(C)Cc1nccn1C. The number of nitrogen functional groups attached to an aromatic ring is 1. The van der Waals surface area contributed by atoms with Gasteiger partial charge in [0.2, 0.25) is 10.0 Å². The van der Waals surface area contributed by atoms with Gasteiger partial charge in [0.25, 0.3) is 0 Å². The Labute approximate surface area is 124 Å². The average molecular weight is 310 g/mol. The van der Waals surface area contributed by atoms with Crippen molar-refractivity contribution in [1.29, 1.82) is 0 Å². The van der Waals surface area contributed by atoms with Gasteiger partial charge in [0.1, 0.15) is 16.5 Å². The Kier molecular flexibility index (Phi) is 4.19. The highest BCUT2D eigenvalue weighted by Crippen LogP contribution is 2.28. The van der Waals surface area contributed by atoms with Crippen LogP contribution >= 0.6 is 0 Å². The number of nitrogens with two attached hydrogens (primary N) is 1. The van der Waals surface area contributed by atoms with Gasteiger partial charge in [-0.05, 0) is 18.2 Å². The van der Waals surface area contributed by atoms with Crippen LogP contribution in [-0.4, -0.2) is 36.4 Å². The summed E-state index contributed by atoms with van der Waals surface area (Å²) in [5.41, 5.74) is 6.05. The van der Waals surface area contributed by atoms with Crippen molar-refractivity contribution in [3.05, 3.63) is 36.4 Å².